The molecular weight excluding hydrogens is 408 g/mol. The largest absolute Gasteiger partial charge is 0.486 e. The van der Waals surface area contributed by atoms with Crippen molar-refractivity contribution in [2.75, 3.05) is 31.2 Å². The van der Waals surface area contributed by atoms with E-state index in [0.717, 1.165) is 49.5 Å². The van der Waals surface area contributed by atoms with Gasteiger partial charge in [-0.3, -0.25) is 4.79 Å². The Morgan fingerprint density at radius 3 is 2.66 bits per heavy atom. The van der Waals surface area contributed by atoms with Crippen molar-refractivity contribution in [2.45, 2.75) is 32.7 Å². The molecule has 1 saturated carbocycles. The fraction of sp³-hybridized carbons (Fsp3) is 0.500. The normalized spacial score (nSPS) is 21.3. The molecule has 1 spiro atoms. The summed E-state index contributed by atoms with van der Waals surface area (Å²) >= 11 is 1.76. The van der Waals surface area contributed by atoms with Crippen LogP contribution in [-0.4, -0.2) is 32.2 Å². The van der Waals surface area contributed by atoms with E-state index in [1.54, 1.807) is 11.3 Å². The van der Waals surface area contributed by atoms with E-state index in [1.165, 1.54) is 9.75 Å². The van der Waals surface area contributed by atoms with Crippen molar-refractivity contribution in [1.82, 2.24) is 5.32 Å². The Hall–Kier alpha value is -1.76. The van der Waals surface area contributed by atoms with E-state index in [2.05, 4.69) is 24.4 Å². The lowest BCUT2D eigenvalue weighted by atomic mass is 9.91. The number of amides is 1. The van der Waals surface area contributed by atoms with Crippen LogP contribution in [0, 0.1) is 18.3 Å². The second-order valence-corrected chi connectivity index (χ2v) is 9.51. The van der Waals surface area contributed by atoms with Gasteiger partial charge in [0.2, 0.25) is 5.91 Å². The predicted octanol–water partition coefficient (Wildman–Crippen LogP) is 4.17. The molecule has 1 aromatic heterocycles. The molecular formula is C22H27ClN2O3S. The molecule has 1 amide bonds. The number of fused-ring (bicyclic) bond motifs is 1. The number of carbonyl (C=O) groups excluding carboxylic acids is 1. The molecule has 7 heteroatoms. The van der Waals surface area contributed by atoms with E-state index in [4.69, 9.17) is 9.47 Å². The first kappa shape index (κ1) is 20.5. The lowest BCUT2D eigenvalue weighted by Gasteiger charge is -2.28. The number of nitrogens with one attached hydrogen (secondary N) is 1. The highest BCUT2D eigenvalue weighted by Gasteiger charge is 2.58. The second-order valence-electron chi connectivity index (χ2n) is 8.13. The quantitative estimate of drug-likeness (QED) is 0.784. The summed E-state index contributed by atoms with van der Waals surface area (Å²) in [6.45, 7) is 5.89. The molecule has 1 aliphatic carbocycles. The van der Waals surface area contributed by atoms with E-state index < -0.39 is 0 Å². The van der Waals surface area contributed by atoms with Gasteiger partial charge in [0, 0.05) is 27.4 Å². The number of aryl methyl sites for hydroxylation is 1. The number of ether oxygens (including phenoxy) is 2. The maximum atomic E-state index is 13.6. The molecule has 1 unspecified atom stereocenters. The standard InChI is InChI=1S/C22H26N2O3S.ClH/c1-15-2-4-17(28-15)14-24(16-3-5-19-20(12-16)27-11-10-26-19)21(25)18-13-22(18)6-8-23-9-7-22;/h2-5,12,18,23H,6-11,13-14H2,1H3;1H. The smallest absolute Gasteiger partial charge is 0.231 e. The molecule has 0 radical (unpaired) electrons. The van der Waals surface area contributed by atoms with E-state index in [0.29, 0.717) is 19.8 Å². The van der Waals surface area contributed by atoms with Gasteiger partial charge in [-0.15, -0.1) is 23.7 Å². The molecule has 2 aliphatic heterocycles. The summed E-state index contributed by atoms with van der Waals surface area (Å²) in [6, 6.07) is 10.1. The monoisotopic (exact) mass is 434 g/mol. The Labute approximate surface area is 181 Å². The van der Waals surface area contributed by atoms with Gasteiger partial charge in [-0.2, -0.15) is 0 Å². The zero-order chi connectivity index (χ0) is 19.1. The van der Waals surface area contributed by atoms with Gasteiger partial charge in [0.05, 0.1) is 6.54 Å². The van der Waals surface area contributed by atoms with Crippen molar-refractivity contribution in [1.29, 1.82) is 0 Å². The first-order valence-electron chi connectivity index (χ1n) is 10.1. The number of piperidine rings is 1. The third-order valence-corrected chi connectivity index (χ3v) is 7.29. The van der Waals surface area contributed by atoms with Crippen LogP contribution in [0.4, 0.5) is 5.69 Å². The molecule has 1 atom stereocenters. The fourth-order valence-electron chi connectivity index (χ4n) is 4.58. The zero-order valence-corrected chi connectivity index (χ0v) is 18.2. The summed E-state index contributed by atoms with van der Waals surface area (Å²) in [6.07, 6.45) is 3.24. The number of carbonyl (C=O) groups is 1. The van der Waals surface area contributed by atoms with Crippen LogP contribution in [0.1, 0.15) is 29.0 Å². The molecule has 2 fully saturated rings. The summed E-state index contributed by atoms with van der Waals surface area (Å²) in [7, 11) is 0. The molecule has 29 heavy (non-hydrogen) atoms. The lowest BCUT2D eigenvalue weighted by molar-refractivity contribution is -0.120. The highest BCUT2D eigenvalue weighted by Crippen LogP contribution is 2.59. The molecule has 2 aromatic rings. The van der Waals surface area contributed by atoms with Crippen LogP contribution in [0.2, 0.25) is 0 Å². The Bertz CT molecular complexity index is 894. The molecule has 0 bridgehead atoms. The van der Waals surface area contributed by atoms with Crippen LogP contribution in [0.15, 0.2) is 30.3 Å². The maximum Gasteiger partial charge on any atom is 0.231 e. The van der Waals surface area contributed by atoms with Crippen molar-refractivity contribution in [3.8, 4) is 11.5 Å². The van der Waals surface area contributed by atoms with Gasteiger partial charge in [-0.1, -0.05) is 0 Å². The van der Waals surface area contributed by atoms with Crippen molar-refractivity contribution < 1.29 is 14.3 Å². The number of nitrogens with zero attached hydrogens (tertiary/aromatic N) is 1. The Morgan fingerprint density at radius 2 is 1.93 bits per heavy atom. The highest BCUT2D eigenvalue weighted by atomic mass is 35.5. The number of halogens is 1. The van der Waals surface area contributed by atoms with E-state index >= 15 is 0 Å². The molecule has 3 heterocycles. The Morgan fingerprint density at radius 1 is 1.17 bits per heavy atom. The van der Waals surface area contributed by atoms with Gasteiger partial charge < -0.3 is 19.7 Å². The average molecular weight is 435 g/mol. The third kappa shape index (κ3) is 3.98. The molecule has 5 rings (SSSR count). The number of benzene rings is 1. The first-order valence-corrected chi connectivity index (χ1v) is 10.9. The van der Waals surface area contributed by atoms with Crippen LogP contribution in [0.3, 0.4) is 0 Å². The van der Waals surface area contributed by atoms with Gasteiger partial charge in [0.15, 0.2) is 11.5 Å². The van der Waals surface area contributed by atoms with Gasteiger partial charge in [-0.25, -0.2) is 0 Å². The van der Waals surface area contributed by atoms with Crippen LogP contribution < -0.4 is 19.7 Å². The number of hydrogen-bond donors (Lipinski definition) is 1. The van der Waals surface area contributed by atoms with Gasteiger partial charge >= 0.3 is 0 Å². The number of anilines is 1. The van der Waals surface area contributed by atoms with Crippen molar-refractivity contribution in [3.63, 3.8) is 0 Å². The minimum Gasteiger partial charge on any atom is -0.486 e. The molecule has 1 saturated heterocycles. The lowest BCUT2D eigenvalue weighted by Crippen LogP contribution is -2.36. The SMILES string of the molecule is Cc1ccc(CN(C(=O)C2CC23CCNCC3)c2ccc3c(c2)OCCO3)s1.Cl. The van der Waals surface area contributed by atoms with Gasteiger partial charge in [-0.05, 0) is 69.0 Å². The molecule has 1 N–H and O–H groups in total. The molecule has 5 nitrogen and oxygen atoms in total. The number of thiophene rings is 1. The zero-order valence-electron chi connectivity index (χ0n) is 16.6. The first-order chi connectivity index (χ1) is 13.6. The highest BCUT2D eigenvalue weighted by molar-refractivity contribution is 7.11. The van der Waals surface area contributed by atoms with E-state index in [9.17, 15) is 4.79 Å². The van der Waals surface area contributed by atoms with Crippen LogP contribution >= 0.6 is 23.7 Å². The molecule has 1 aromatic carbocycles. The maximum absolute atomic E-state index is 13.6. The topological polar surface area (TPSA) is 50.8 Å². The second kappa shape index (κ2) is 8.17. The number of rotatable bonds is 4. The minimum absolute atomic E-state index is 0. The number of hydrogen-bond acceptors (Lipinski definition) is 5. The summed E-state index contributed by atoms with van der Waals surface area (Å²) < 4.78 is 11.4. The summed E-state index contributed by atoms with van der Waals surface area (Å²) in [5, 5.41) is 3.42. The Kier molecular flexibility index (Phi) is 5.78. The third-order valence-electron chi connectivity index (χ3n) is 6.30. The van der Waals surface area contributed by atoms with E-state index in [1.807, 2.05) is 23.1 Å². The molecule has 3 aliphatic rings. The van der Waals surface area contributed by atoms with Crippen molar-refractivity contribution >= 4 is 35.3 Å². The summed E-state index contributed by atoms with van der Waals surface area (Å²) in [4.78, 5) is 18.0. The van der Waals surface area contributed by atoms with Gasteiger partial charge in [0.25, 0.3) is 0 Å². The predicted molar refractivity (Wildman–Crippen MR) is 118 cm³/mol. The summed E-state index contributed by atoms with van der Waals surface area (Å²) in [5.41, 5.74) is 1.12. The molecule has 156 valence electrons. The summed E-state index contributed by atoms with van der Waals surface area (Å²) in [5.74, 6) is 1.89. The minimum atomic E-state index is 0. The fourth-order valence-corrected chi connectivity index (χ4v) is 5.46. The Balaban J connectivity index is 0.00000205. The van der Waals surface area contributed by atoms with Crippen molar-refractivity contribution in [3.05, 3.63) is 40.1 Å². The van der Waals surface area contributed by atoms with E-state index in [-0.39, 0.29) is 29.6 Å². The van der Waals surface area contributed by atoms with Gasteiger partial charge in [0.1, 0.15) is 13.2 Å². The van der Waals surface area contributed by atoms with Crippen molar-refractivity contribution in [2.24, 2.45) is 11.3 Å². The van der Waals surface area contributed by atoms with Crippen LogP contribution in [0.5, 0.6) is 11.5 Å². The van der Waals surface area contributed by atoms with Crippen LogP contribution in [0.25, 0.3) is 0 Å². The van der Waals surface area contributed by atoms with Crippen LogP contribution in [-0.2, 0) is 11.3 Å². The average Bonchev–Trinajstić information content (AvgIpc) is 3.24.